The van der Waals surface area contributed by atoms with Crippen LogP contribution in [0.5, 0.6) is 0 Å². The van der Waals surface area contributed by atoms with Gasteiger partial charge in [-0.15, -0.1) is 0 Å². The third-order valence-electron chi connectivity index (χ3n) is 4.47. The zero-order valence-corrected chi connectivity index (χ0v) is 16.5. The molecule has 146 valence electrons. The van der Waals surface area contributed by atoms with Crippen LogP contribution in [0.25, 0.3) is 0 Å². The average Bonchev–Trinajstić information content (AvgIpc) is 2.69. The van der Waals surface area contributed by atoms with Gasteiger partial charge in [-0.1, -0.05) is 0 Å². The van der Waals surface area contributed by atoms with Crippen molar-refractivity contribution in [3.05, 3.63) is 23.9 Å². The van der Waals surface area contributed by atoms with Crippen LogP contribution in [0.15, 0.2) is 23.3 Å². The molecule has 0 unspecified atom stereocenters. The van der Waals surface area contributed by atoms with Crippen molar-refractivity contribution < 1.29 is 4.74 Å². The van der Waals surface area contributed by atoms with Crippen molar-refractivity contribution in [2.75, 3.05) is 44.3 Å². The van der Waals surface area contributed by atoms with Gasteiger partial charge in [0.25, 0.3) is 0 Å². The second-order valence-electron chi connectivity index (χ2n) is 6.60. The lowest BCUT2D eigenvalue weighted by Gasteiger charge is -2.27. The molecule has 0 radical (unpaired) electrons. The van der Waals surface area contributed by atoms with Gasteiger partial charge in [0.1, 0.15) is 5.82 Å². The van der Waals surface area contributed by atoms with Gasteiger partial charge in [0.15, 0.2) is 5.96 Å². The number of hydrogen-bond acceptors (Lipinski definition) is 4. The van der Waals surface area contributed by atoms with Gasteiger partial charge in [0.05, 0.1) is 6.54 Å². The van der Waals surface area contributed by atoms with E-state index >= 15 is 0 Å². The van der Waals surface area contributed by atoms with E-state index in [1.54, 1.807) is 0 Å². The lowest BCUT2D eigenvalue weighted by molar-refractivity contribution is 0.143. The first-order valence-electron chi connectivity index (χ1n) is 10.1. The minimum absolute atomic E-state index is 0.664. The summed E-state index contributed by atoms with van der Waals surface area (Å²) in [6.45, 7) is 10.4. The van der Waals surface area contributed by atoms with Crippen LogP contribution in [0.1, 0.15) is 51.5 Å². The number of aromatic nitrogens is 1. The Hall–Kier alpha value is -1.82. The predicted octanol–water partition coefficient (Wildman–Crippen LogP) is 2.94. The zero-order chi connectivity index (χ0) is 18.5. The summed E-state index contributed by atoms with van der Waals surface area (Å²) in [5.41, 5.74) is 1.20. The molecule has 6 nitrogen and oxygen atoms in total. The van der Waals surface area contributed by atoms with Crippen molar-refractivity contribution in [3.63, 3.8) is 0 Å². The number of anilines is 1. The molecule has 26 heavy (non-hydrogen) atoms. The van der Waals surface area contributed by atoms with E-state index in [9.17, 15) is 0 Å². The van der Waals surface area contributed by atoms with Gasteiger partial charge in [0, 0.05) is 45.6 Å². The highest BCUT2D eigenvalue weighted by molar-refractivity contribution is 5.79. The number of rotatable bonds is 10. The van der Waals surface area contributed by atoms with Crippen LogP contribution in [-0.4, -0.2) is 50.3 Å². The van der Waals surface area contributed by atoms with E-state index in [2.05, 4.69) is 39.6 Å². The fourth-order valence-corrected chi connectivity index (χ4v) is 3.05. The standard InChI is InChI=1S/C20H35N5O/c1-3-21-20(23-11-6-9-15-26-4-2)24-17-18-10-12-22-19(16-18)25-13-7-5-8-14-25/h10,12,16H,3-9,11,13-15,17H2,1-2H3,(H2,21,23,24). The van der Waals surface area contributed by atoms with E-state index in [-0.39, 0.29) is 0 Å². The summed E-state index contributed by atoms with van der Waals surface area (Å²) in [5.74, 6) is 1.96. The second kappa shape index (κ2) is 12.5. The average molecular weight is 362 g/mol. The molecule has 1 aliphatic rings. The molecule has 0 amide bonds. The number of aliphatic imine (C=N–C) groups is 1. The number of pyridine rings is 1. The number of guanidine groups is 1. The minimum Gasteiger partial charge on any atom is -0.382 e. The van der Waals surface area contributed by atoms with Gasteiger partial charge in [0.2, 0.25) is 0 Å². The topological polar surface area (TPSA) is 61.8 Å². The van der Waals surface area contributed by atoms with Crippen molar-refractivity contribution in [1.29, 1.82) is 0 Å². The van der Waals surface area contributed by atoms with Gasteiger partial charge < -0.3 is 20.3 Å². The van der Waals surface area contributed by atoms with E-state index in [1.807, 2.05) is 13.1 Å². The van der Waals surface area contributed by atoms with Crippen LogP contribution < -0.4 is 15.5 Å². The molecule has 0 aliphatic carbocycles. The van der Waals surface area contributed by atoms with Gasteiger partial charge in [-0.3, -0.25) is 0 Å². The van der Waals surface area contributed by atoms with Gasteiger partial charge in [-0.05, 0) is 63.6 Å². The van der Waals surface area contributed by atoms with E-state index in [0.29, 0.717) is 6.54 Å². The number of nitrogens with one attached hydrogen (secondary N) is 2. The third kappa shape index (κ3) is 7.60. The molecule has 1 aromatic rings. The zero-order valence-electron chi connectivity index (χ0n) is 16.5. The van der Waals surface area contributed by atoms with Crippen molar-refractivity contribution in [2.24, 2.45) is 4.99 Å². The maximum Gasteiger partial charge on any atom is 0.191 e. The first-order valence-corrected chi connectivity index (χ1v) is 10.1. The predicted molar refractivity (Wildman–Crippen MR) is 109 cm³/mol. The molecule has 6 heteroatoms. The smallest absolute Gasteiger partial charge is 0.191 e. The van der Waals surface area contributed by atoms with Crippen LogP contribution in [0, 0.1) is 0 Å². The highest BCUT2D eigenvalue weighted by Gasteiger charge is 2.12. The Morgan fingerprint density at radius 2 is 2.04 bits per heavy atom. The highest BCUT2D eigenvalue weighted by atomic mass is 16.5. The Labute approximate surface area is 158 Å². The van der Waals surface area contributed by atoms with Gasteiger partial charge >= 0.3 is 0 Å². The fraction of sp³-hybridized carbons (Fsp3) is 0.700. The third-order valence-corrected chi connectivity index (χ3v) is 4.47. The van der Waals surface area contributed by atoms with E-state index < -0.39 is 0 Å². The summed E-state index contributed by atoms with van der Waals surface area (Å²) in [6.07, 6.45) is 7.93. The normalized spacial score (nSPS) is 15.2. The van der Waals surface area contributed by atoms with Gasteiger partial charge in [-0.25, -0.2) is 9.98 Å². The van der Waals surface area contributed by atoms with Crippen molar-refractivity contribution in [2.45, 2.75) is 52.5 Å². The van der Waals surface area contributed by atoms with Gasteiger partial charge in [-0.2, -0.15) is 0 Å². The maximum absolute atomic E-state index is 5.37. The van der Waals surface area contributed by atoms with Crippen molar-refractivity contribution in [3.8, 4) is 0 Å². The van der Waals surface area contributed by atoms with Crippen LogP contribution in [0.2, 0.25) is 0 Å². The highest BCUT2D eigenvalue weighted by Crippen LogP contribution is 2.18. The molecule has 0 atom stereocenters. The molecular formula is C20H35N5O. The number of unbranched alkanes of at least 4 members (excludes halogenated alkanes) is 1. The largest absolute Gasteiger partial charge is 0.382 e. The SMILES string of the molecule is CCNC(=NCc1ccnc(N2CCCCC2)c1)NCCCCOCC. The molecular weight excluding hydrogens is 326 g/mol. The first-order chi connectivity index (χ1) is 12.8. The molecule has 1 fully saturated rings. The monoisotopic (exact) mass is 361 g/mol. The second-order valence-corrected chi connectivity index (χ2v) is 6.60. The van der Waals surface area contributed by atoms with Crippen LogP contribution in [0.3, 0.4) is 0 Å². The summed E-state index contributed by atoms with van der Waals surface area (Å²) in [6, 6.07) is 4.24. The summed E-state index contributed by atoms with van der Waals surface area (Å²) in [7, 11) is 0. The van der Waals surface area contributed by atoms with Crippen LogP contribution in [-0.2, 0) is 11.3 Å². The summed E-state index contributed by atoms with van der Waals surface area (Å²) >= 11 is 0. The van der Waals surface area contributed by atoms with E-state index in [4.69, 9.17) is 9.73 Å². The number of nitrogens with zero attached hydrogens (tertiary/aromatic N) is 3. The molecule has 2 rings (SSSR count). The summed E-state index contributed by atoms with van der Waals surface area (Å²) in [4.78, 5) is 11.7. The maximum atomic E-state index is 5.37. The number of hydrogen-bond donors (Lipinski definition) is 2. The van der Waals surface area contributed by atoms with Crippen molar-refractivity contribution >= 4 is 11.8 Å². The molecule has 0 saturated carbocycles. The quantitative estimate of drug-likeness (QED) is 0.381. The van der Waals surface area contributed by atoms with Crippen molar-refractivity contribution in [1.82, 2.24) is 15.6 Å². The molecule has 1 aromatic heterocycles. The number of piperidine rings is 1. The number of ether oxygens (including phenoxy) is 1. The molecule has 2 N–H and O–H groups in total. The van der Waals surface area contributed by atoms with Crippen LogP contribution in [0.4, 0.5) is 5.82 Å². The Morgan fingerprint density at radius 1 is 1.19 bits per heavy atom. The minimum atomic E-state index is 0.664. The molecule has 1 saturated heterocycles. The summed E-state index contributed by atoms with van der Waals surface area (Å²) < 4.78 is 5.37. The Balaban J connectivity index is 1.83. The fourth-order valence-electron chi connectivity index (χ4n) is 3.05. The van der Waals surface area contributed by atoms with Crippen LogP contribution >= 0.6 is 0 Å². The Kier molecular flexibility index (Phi) is 9.87. The molecule has 2 heterocycles. The molecule has 0 bridgehead atoms. The molecule has 0 spiro atoms. The first kappa shape index (κ1) is 20.5. The van der Waals surface area contributed by atoms with E-state index in [0.717, 1.165) is 64.0 Å². The lowest BCUT2D eigenvalue weighted by Crippen LogP contribution is -2.37. The van der Waals surface area contributed by atoms with E-state index in [1.165, 1.54) is 24.8 Å². The summed E-state index contributed by atoms with van der Waals surface area (Å²) in [5, 5.41) is 6.72. The lowest BCUT2D eigenvalue weighted by atomic mass is 10.1. The molecule has 0 aromatic carbocycles. The Bertz CT molecular complexity index is 529. The Morgan fingerprint density at radius 3 is 2.81 bits per heavy atom. The molecule has 1 aliphatic heterocycles.